The van der Waals surface area contributed by atoms with Crippen molar-refractivity contribution in [3.05, 3.63) is 62.3 Å². The molecule has 0 atom stereocenters. The van der Waals surface area contributed by atoms with Gasteiger partial charge in [-0.15, -0.1) is 0 Å². The fourth-order valence-corrected chi connectivity index (χ4v) is 1.62. The lowest BCUT2D eigenvalue weighted by molar-refractivity contribution is -0.384. The summed E-state index contributed by atoms with van der Waals surface area (Å²) in [5, 5.41) is 14.6. The van der Waals surface area contributed by atoms with Crippen LogP contribution in [0.3, 0.4) is 0 Å². The van der Waals surface area contributed by atoms with E-state index >= 15 is 0 Å². The van der Waals surface area contributed by atoms with Gasteiger partial charge in [0.25, 0.3) is 5.69 Å². The molecule has 0 saturated carbocycles. The maximum Gasteiger partial charge on any atom is 0.362 e. The Balaban J connectivity index is 2.65. The molecule has 0 unspecified atom stereocenters. The Morgan fingerprint density at radius 2 is 2.14 bits per heavy atom. The number of nitrogens with zero attached hydrogens (tertiary/aromatic N) is 3. The second-order valence-corrected chi connectivity index (χ2v) is 3.85. The minimum absolute atomic E-state index is 0.0912. The van der Waals surface area contributed by atoms with Gasteiger partial charge in [0.15, 0.2) is 0 Å². The van der Waals surface area contributed by atoms with E-state index in [1.54, 1.807) is 0 Å². The van der Waals surface area contributed by atoms with Crippen LogP contribution in [-0.4, -0.2) is 27.8 Å². The van der Waals surface area contributed by atoms with E-state index in [0.29, 0.717) is 6.07 Å². The SMILES string of the molecule is COC(=O)c1nn(-c2ccc(F)cc2[N+](=O)[O-])ccc1=O. The summed E-state index contributed by atoms with van der Waals surface area (Å²) in [6.45, 7) is 0. The van der Waals surface area contributed by atoms with Gasteiger partial charge in [-0.3, -0.25) is 14.9 Å². The molecule has 0 spiro atoms. The molecule has 0 aliphatic rings. The Morgan fingerprint density at radius 3 is 2.76 bits per heavy atom. The molecule has 108 valence electrons. The lowest BCUT2D eigenvalue weighted by Gasteiger charge is -2.07. The molecule has 0 radical (unpaired) electrons. The zero-order valence-electron chi connectivity index (χ0n) is 10.6. The van der Waals surface area contributed by atoms with Crippen molar-refractivity contribution in [3.63, 3.8) is 0 Å². The highest BCUT2D eigenvalue weighted by Gasteiger charge is 2.19. The topological polar surface area (TPSA) is 104 Å². The largest absolute Gasteiger partial charge is 0.464 e. The summed E-state index contributed by atoms with van der Waals surface area (Å²) in [7, 11) is 1.07. The number of rotatable bonds is 3. The lowest BCUT2D eigenvalue weighted by atomic mass is 10.2. The third-order valence-corrected chi connectivity index (χ3v) is 2.57. The van der Waals surface area contributed by atoms with E-state index < -0.39 is 33.5 Å². The quantitative estimate of drug-likeness (QED) is 0.476. The number of nitro benzene ring substituents is 1. The van der Waals surface area contributed by atoms with Crippen molar-refractivity contribution in [2.24, 2.45) is 0 Å². The third kappa shape index (κ3) is 2.76. The number of hydrogen-bond acceptors (Lipinski definition) is 6. The van der Waals surface area contributed by atoms with Gasteiger partial charge >= 0.3 is 5.97 Å². The van der Waals surface area contributed by atoms with E-state index in [9.17, 15) is 24.1 Å². The Bertz CT molecular complexity index is 787. The van der Waals surface area contributed by atoms with Crippen LogP contribution >= 0.6 is 0 Å². The summed E-state index contributed by atoms with van der Waals surface area (Å²) in [5.74, 6) is -1.76. The Hall–Kier alpha value is -3.10. The Morgan fingerprint density at radius 1 is 1.43 bits per heavy atom. The predicted octanol–water partition coefficient (Wildman–Crippen LogP) is 1.07. The van der Waals surface area contributed by atoms with Gasteiger partial charge in [-0.1, -0.05) is 0 Å². The number of methoxy groups -OCH3 is 1. The molecular weight excluding hydrogens is 285 g/mol. The van der Waals surface area contributed by atoms with Gasteiger partial charge < -0.3 is 4.74 Å². The molecule has 8 nitrogen and oxygen atoms in total. The van der Waals surface area contributed by atoms with Crippen LogP contribution in [0.5, 0.6) is 0 Å². The number of aromatic nitrogens is 2. The summed E-state index contributed by atoms with van der Waals surface area (Å²) in [5.41, 5.74) is -1.87. The maximum atomic E-state index is 13.1. The van der Waals surface area contributed by atoms with Crippen LogP contribution < -0.4 is 5.43 Å². The van der Waals surface area contributed by atoms with E-state index in [0.717, 1.165) is 36.2 Å². The highest BCUT2D eigenvalue weighted by molar-refractivity contribution is 5.86. The number of esters is 1. The van der Waals surface area contributed by atoms with Gasteiger partial charge in [-0.25, -0.2) is 13.9 Å². The van der Waals surface area contributed by atoms with Crippen LogP contribution in [0.1, 0.15) is 10.5 Å². The van der Waals surface area contributed by atoms with Gasteiger partial charge in [0.1, 0.15) is 11.5 Å². The van der Waals surface area contributed by atoms with E-state index in [1.807, 2.05) is 0 Å². The first kappa shape index (κ1) is 14.3. The standard InChI is InChI=1S/C12H8FN3O5/c1-21-12(18)11-10(17)4-5-15(14-11)8-3-2-7(13)6-9(8)16(19)20/h2-6H,1H3. The molecule has 0 N–H and O–H groups in total. The van der Waals surface area contributed by atoms with Crippen molar-refractivity contribution in [1.82, 2.24) is 9.78 Å². The fraction of sp³-hybridized carbons (Fsp3) is 0.0833. The molecule has 2 aromatic rings. The molecule has 0 bridgehead atoms. The van der Waals surface area contributed by atoms with Crippen LogP contribution in [0.25, 0.3) is 5.69 Å². The number of halogens is 1. The molecular formula is C12H8FN3O5. The normalized spacial score (nSPS) is 10.2. The monoisotopic (exact) mass is 293 g/mol. The van der Waals surface area contributed by atoms with Crippen molar-refractivity contribution in [2.75, 3.05) is 7.11 Å². The van der Waals surface area contributed by atoms with Crippen molar-refractivity contribution < 1.29 is 18.8 Å². The zero-order valence-corrected chi connectivity index (χ0v) is 10.6. The number of benzene rings is 1. The molecule has 0 saturated heterocycles. The van der Waals surface area contributed by atoms with Gasteiger partial charge in [0.2, 0.25) is 11.1 Å². The second kappa shape index (κ2) is 5.49. The number of nitro groups is 1. The van der Waals surface area contributed by atoms with Crippen molar-refractivity contribution in [1.29, 1.82) is 0 Å². The minimum Gasteiger partial charge on any atom is -0.464 e. The van der Waals surface area contributed by atoms with E-state index in [1.165, 1.54) is 0 Å². The van der Waals surface area contributed by atoms with Crippen LogP contribution in [0.15, 0.2) is 35.3 Å². The first-order valence-corrected chi connectivity index (χ1v) is 5.56. The zero-order chi connectivity index (χ0) is 15.6. The maximum absolute atomic E-state index is 13.1. The molecule has 1 heterocycles. The van der Waals surface area contributed by atoms with Gasteiger partial charge in [0, 0.05) is 12.3 Å². The lowest BCUT2D eigenvalue weighted by Crippen LogP contribution is -2.21. The Kier molecular flexibility index (Phi) is 3.74. The number of hydrogen-bond donors (Lipinski definition) is 0. The Labute approximate surface area is 116 Å². The predicted molar refractivity (Wildman–Crippen MR) is 67.8 cm³/mol. The molecule has 1 aromatic heterocycles. The average Bonchev–Trinajstić information content (AvgIpc) is 2.47. The van der Waals surface area contributed by atoms with Crippen LogP contribution in [-0.2, 0) is 4.74 Å². The van der Waals surface area contributed by atoms with Crippen LogP contribution in [0.2, 0.25) is 0 Å². The highest BCUT2D eigenvalue weighted by Crippen LogP contribution is 2.22. The van der Waals surface area contributed by atoms with E-state index in [-0.39, 0.29) is 5.69 Å². The molecule has 0 aliphatic carbocycles. The molecule has 0 aliphatic heterocycles. The van der Waals surface area contributed by atoms with Gasteiger partial charge in [-0.2, -0.15) is 5.10 Å². The van der Waals surface area contributed by atoms with Crippen molar-refractivity contribution in [2.45, 2.75) is 0 Å². The van der Waals surface area contributed by atoms with Crippen molar-refractivity contribution >= 4 is 11.7 Å². The smallest absolute Gasteiger partial charge is 0.362 e. The molecule has 0 fully saturated rings. The molecule has 2 rings (SSSR count). The first-order chi connectivity index (χ1) is 9.93. The first-order valence-electron chi connectivity index (χ1n) is 5.56. The van der Waals surface area contributed by atoms with Crippen molar-refractivity contribution in [3.8, 4) is 5.69 Å². The third-order valence-electron chi connectivity index (χ3n) is 2.57. The summed E-state index contributed by atoms with van der Waals surface area (Å²) in [6.07, 6.45) is 1.13. The summed E-state index contributed by atoms with van der Waals surface area (Å²) >= 11 is 0. The number of ether oxygens (including phenoxy) is 1. The van der Waals surface area contributed by atoms with Crippen LogP contribution in [0, 0.1) is 15.9 Å². The minimum atomic E-state index is -0.973. The summed E-state index contributed by atoms with van der Waals surface area (Å²) in [4.78, 5) is 33.0. The summed E-state index contributed by atoms with van der Waals surface area (Å²) < 4.78 is 18.4. The highest BCUT2D eigenvalue weighted by atomic mass is 19.1. The second-order valence-electron chi connectivity index (χ2n) is 3.85. The van der Waals surface area contributed by atoms with Gasteiger partial charge in [-0.05, 0) is 12.1 Å². The van der Waals surface area contributed by atoms with Gasteiger partial charge in [0.05, 0.1) is 18.1 Å². The molecule has 0 amide bonds. The molecule has 9 heteroatoms. The fourth-order valence-electron chi connectivity index (χ4n) is 1.62. The van der Waals surface area contributed by atoms with E-state index in [2.05, 4.69) is 9.84 Å². The molecule has 1 aromatic carbocycles. The summed E-state index contributed by atoms with van der Waals surface area (Å²) in [6, 6.07) is 3.84. The molecule has 21 heavy (non-hydrogen) atoms. The average molecular weight is 293 g/mol. The number of carbonyl (C=O) groups is 1. The van der Waals surface area contributed by atoms with E-state index in [4.69, 9.17) is 0 Å². The number of carbonyl (C=O) groups excluding carboxylic acids is 1. The van der Waals surface area contributed by atoms with Crippen LogP contribution in [0.4, 0.5) is 10.1 Å².